The first-order valence-corrected chi connectivity index (χ1v) is 6.37. The Labute approximate surface area is 104 Å². The standard InChI is InChI=1S/C13H23N3O/c1-3-9-15-13(17)10-16(4-2)12-7-5-11(14)6-8-12/h1,11-12H,4-10,14H2,2H3,(H,15,17). The van der Waals surface area contributed by atoms with E-state index in [0.717, 1.165) is 32.2 Å². The monoisotopic (exact) mass is 237 g/mol. The van der Waals surface area contributed by atoms with E-state index in [1.807, 2.05) is 0 Å². The van der Waals surface area contributed by atoms with Crippen molar-refractivity contribution in [2.24, 2.45) is 5.73 Å². The molecule has 1 rings (SSSR count). The van der Waals surface area contributed by atoms with Crippen LogP contribution >= 0.6 is 0 Å². The molecule has 17 heavy (non-hydrogen) atoms. The second kappa shape index (κ2) is 7.31. The summed E-state index contributed by atoms with van der Waals surface area (Å²) in [5.74, 6) is 2.42. The van der Waals surface area contributed by atoms with E-state index in [1.165, 1.54) is 0 Å². The third-order valence-electron chi connectivity index (χ3n) is 3.40. The van der Waals surface area contributed by atoms with Gasteiger partial charge in [-0.2, -0.15) is 0 Å². The van der Waals surface area contributed by atoms with Gasteiger partial charge in [-0.15, -0.1) is 6.42 Å². The van der Waals surface area contributed by atoms with Crippen LogP contribution in [-0.4, -0.2) is 42.5 Å². The fraction of sp³-hybridized carbons (Fsp3) is 0.769. The van der Waals surface area contributed by atoms with Gasteiger partial charge >= 0.3 is 0 Å². The molecule has 0 aromatic heterocycles. The zero-order valence-electron chi connectivity index (χ0n) is 10.6. The molecule has 1 aliphatic carbocycles. The van der Waals surface area contributed by atoms with Crippen molar-refractivity contribution < 1.29 is 4.79 Å². The first-order valence-electron chi connectivity index (χ1n) is 6.37. The molecule has 0 aromatic rings. The maximum Gasteiger partial charge on any atom is 0.234 e. The van der Waals surface area contributed by atoms with Gasteiger partial charge in [-0.05, 0) is 32.2 Å². The van der Waals surface area contributed by atoms with Crippen molar-refractivity contribution in [3.63, 3.8) is 0 Å². The number of nitrogens with zero attached hydrogens (tertiary/aromatic N) is 1. The lowest BCUT2D eigenvalue weighted by Crippen LogP contribution is -2.45. The fourth-order valence-corrected chi connectivity index (χ4v) is 2.36. The van der Waals surface area contributed by atoms with Gasteiger partial charge in [-0.1, -0.05) is 12.8 Å². The van der Waals surface area contributed by atoms with Crippen LogP contribution in [0.3, 0.4) is 0 Å². The minimum atomic E-state index is 0.0136. The predicted octanol–water partition coefficient (Wildman–Crippen LogP) is 0.328. The topological polar surface area (TPSA) is 58.4 Å². The number of likely N-dealkylation sites (N-methyl/N-ethyl adjacent to an activating group) is 1. The van der Waals surface area contributed by atoms with Crippen LogP contribution in [0.2, 0.25) is 0 Å². The van der Waals surface area contributed by atoms with Crippen molar-refractivity contribution in [1.82, 2.24) is 10.2 Å². The lowest BCUT2D eigenvalue weighted by atomic mass is 9.91. The lowest BCUT2D eigenvalue weighted by Gasteiger charge is -2.34. The van der Waals surface area contributed by atoms with E-state index < -0.39 is 0 Å². The van der Waals surface area contributed by atoms with Crippen LogP contribution in [0, 0.1) is 12.3 Å². The van der Waals surface area contributed by atoms with Crippen molar-refractivity contribution in [2.45, 2.75) is 44.7 Å². The Balaban J connectivity index is 2.37. The van der Waals surface area contributed by atoms with Crippen molar-refractivity contribution in [3.05, 3.63) is 0 Å². The van der Waals surface area contributed by atoms with Crippen molar-refractivity contribution in [3.8, 4) is 12.3 Å². The highest BCUT2D eigenvalue weighted by molar-refractivity contribution is 5.78. The van der Waals surface area contributed by atoms with Gasteiger partial charge in [0.15, 0.2) is 0 Å². The Morgan fingerprint density at radius 3 is 2.65 bits per heavy atom. The van der Waals surface area contributed by atoms with E-state index in [9.17, 15) is 4.79 Å². The minimum absolute atomic E-state index is 0.0136. The molecule has 1 aliphatic rings. The second-order valence-corrected chi connectivity index (χ2v) is 4.61. The van der Waals surface area contributed by atoms with Crippen LogP contribution in [0.25, 0.3) is 0 Å². The number of carbonyl (C=O) groups is 1. The number of carbonyl (C=O) groups excluding carboxylic acids is 1. The molecule has 0 atom stereocenters. The summed E-state index contributed by atoms with van der Waals surface area (Å²) in [6, 6.07) is 0.844. The van der Waals surface area contributed by atoms with E-state index in [-0.39, 0.29) is 5.91 Å². The average Bonchev–Trinajstić information content (AvgIpc) is 2.34. The molecule has 4 heteroatoms. The number of hydrogen-bond acceptors (Lipinski definition) is 3. The number of nitrogens with one attached hydrogen (secondary N) is 1. The van der Waals surface area contributed by atoms with Crippen LogP contribution in [-0.2, 0) is 4.79 Å². The molecule has 0 saturated heterocycles. The third-order valence-corrected chi connectivity index (χ3v) is 3.40. The van der Waals surface area contributed by atoms with Crippen molar-refractivity contribution >= 4 is 5.91 Å². The summed E-state index contributed by atoms with van der Waals surface area (Å²) >= 11 is 0. The molecule has 1 fully saturated rings. The molecule has 0 unspecified atom stereocenters. The summed E-state index contributed by atoms with van der Waals surface area (Å²) in [4.78, 5) is 13.8. The van der Waals surface area contributed by atoms with Crippen LogP contribution in [0.4, 0.5) is 0 Å². The highest BCUT2D eigenvalue weighted by Crippen LogP contribution is 2.21. The molecule has 4 nitrogen and oxygen atoms in total. The zero-order valence-corrected chi connectivity index (χ0v) is 10.6. The number of terminal acetylenes is 1. The average molecular weight is 237 g/mol. The van der Waals surface area contributed by atoms with E-state index in [1.54, 1.807) is 0 Å². The zero-order chi connectivity index (χ0) is 12.7. The smallest absolute Gasteiger partial charge is 0.234 e. The van der Waals surface area contributed by atoms with Gasteiger partial charge in [0.05, 0.1) is 13.1 Å². The fourth-order valence-electron chi connectivity index (χ4n) is 2.36. The summed E-state index contributed by atoms with van der Waals surface area (Å²) in [5.41, 5.74) is 5.89. The van der Waals surface area contributed by atoms with Crippen LogP contribution < -0.4 is 11.1 Å². The van der Waals surface area contributed by atoms with Crippen LogP contribution in [0.15, 0.2) is 0 Å². The van der Waals surface area contributed by atoms with Crippen LogP contribution in [0.1, 0.15) is 32.6 Å². The maximum absolute atomic E-state index is 11.6. The second-order valence-electron chi connectivity index (χ2n) is 4.61. The SMILES string of the molecule is C#CCNC(=O)CN(CC)C1CCC(N)CC1. The van der Waals surface area contributed by atoms with E-state index in [2.05, 4.69) is 23.1 Å². The predicted molar refractivity (Wildman–Crippen MR) is 69.3 cm³/mol. The Morgan fingerprint density at radius 2 is 2.12 bits per heavy atom. The van der Waals surface area contributed by atoms with Crippen molar-refractivity contribution in [1.29, 1.82) is 0 Å². The number of nitrogens with two attached hydrogens (primary N) is 1. The highest BCUT2D eigenvalue weighted by atomic mass is 16.2. The Kier molecular flexibility index (Phi) is 6.03. The Hall–Kier alpha value is -1.05. The van der Waals surface area contributed by atoms with Gasteiger partial charge in [0, 0.05) is 12.1 Å². The number of amides is 1. The summed E-state index contributed by atoms with van der Waals surface area (Å²) in [6.07, 6.45) is 9.42. The Bertz CT molecular complexity index is 277. The molecule has 0 heterocycles. The molecule has 1 amide bonds. The van der Waals surface area contributed by atoms with Gasteiger partial charge < -0.3 is 11.1 Å². The summed E-state index contributed by atoms with van der Waals surface area (Å²) < 4.78 is 0. The van der Waals surface area contributed by atoms with Crippen molar-refractivity contribution in [2.75, 3.05) is 19.6 Å². The molecule has 0 bridgehead atoms. The molecular formula is C13H23N3O. The number of rotatable bonds is 5. The molecule has 1 saturated carbocycles. The molecule has 0 radical (unpaired) electrons. The van der Waals surface area contributed by atoms with Gasteiger partial charge in [-0.3, -0.25) is 9.69 Å². The highest BCUT2D eigenvalue weighted by Gasteiger charge is 2.24. The minimum Gasteiger partial charge on any atom is -0.344 e. The van der Waals surface area contributed by atoms with E-state index >= 15 is 0 Å². The Morgan fingerprint density at radius 1 is 1.47 bits per heavy atom. The third kappa shape index (κ3) is 4.76. The van der Waals surface area contributed by atoms with E-state index in [0.29, 0.717) is 25.2 Å². The molecule has 96 valence electrons. The quantitative estimate of drug-likeness (QED) is 0.677. The van der Waals surface area contributed by atoms with Gasteiger partial charge in [0.25, 0.3) is 0 Å². The molecule has 0 spiro atoms. The molecule has 0 aliphatic heterocycles. The van der Waals surface area contributed by atoms with Gasteiger partial charge in [0.2, 0.25) is 5.91 Å². The van der Waals surface area contributed by atoms with E-state index in [4.69, 9.17) is 12.2 Å². The van der Waals surface area contributed by atoms with Crippen LogP contribution in [0.5, 0.6) is 0 Å². The van der Waals surface area contributed by atoms with Gasteiger partial charge in [0.1, 0.15) is 0 Å². The van der Waals surface area contributed by atoms with Gasteiger partial charge in [-0.25, -0.2) is 0 Å². The normalized spacial score (nSPS) is 24.4. The maximum atomic E-state index is 11.6. The summed E-state index contributed by atoms with van der Waals surface area (Å²) in [6.45, 7) is 3.73. The largest absolute Gasteiger partial charge is 0.344 e. The molecule has 3 N–H and O–H groups in total. The molecule has 0 aromatic carbocycles. The summed E-state index contributed by atoms with van der Waals surface area (Å²) in [5, 5.41) is 2.70. The molecular weight excluding hydrogens is 214 g/mol. The number of hydrogen-bond donors (Lipinski definition) is 2. The summed E-state index contributed by atoms with van der Waals surface area (Å²) in [7, 11) is 0. The first-order chi connectivity index (χ1) is 8.17. The first kappa shape index (κ1) is 14.0. The lowest BCUT2D eigenvalue weighted by molar-refractivity contribution is -0.122.